The lowest BCUT2D eigenvalue weighted by molar-refractivity contribution is -0.142. The number of benzene rings is 1. The molecule has 2 aromatic heterocycles. The second-order valence-electron chi connectivity index (χ2n) is 7.97. The molecule has 1 amide bonds. The van der Waals surface area contributed by atoms with Gasteiger partial charge in [0, 0.05) is 23.4 Å². The maximum atomic E-state index is 13.5. The Labute approximate surface area is 170 Å². The number of alkyl halides is 3. The number of amides is 1. The molecule has 0 atom stereocenters. The van der Waals surface area contributed by atoms with Crippen LogP contribution in [-0.2, 0) is 6.18 Å². The van der Waals surface area contributed by atoms with E-state index >= 15 is 0 Å². The lowest BCUT2D eigenvalue weighted by atomic mass is 9.99. The quantitative estimate of drug-likeness (QED) is 0.584. The smallest absolute Gasteiger partial charge is 0.433 e. The van der Waals surface area contributed by atoms with E-state index in [1.54, 1.807) is 19.1 Å². The minimum atomic E-state index is -4.62. The van der Waals surface area contributed by atoms with Gasteiger partial charge >= 0.3 is 6.18 Å². The molecule has 2 N–H and O–H groups in total. The van der Waals surface area contributed by atoms with Crippen molar-refractivity contribution in [2.24, 2.45) is 0 Å². The van der Waals surface area contributed by atoms with Crippen LogP contribution in [0.4, 0.5) is 18.9 Å². The highest BCUT2D eigenvalue weighted by atomic mass is 19.4. The molecular formula is C21H21F3N4O2. The molecule has 9 heteroatoms. The third-order valence-electron chi connectivity index (χ3n) is 5.21. The minimum absolute atomic E-state index is 0.0119. The molecule has 1 aromatic carbocycles. The molecule has 0 bridgehead atoms. The summed E-state index contributed by atoms with van der Waals surface area (Å²) in [4.78, 5) is 17.0. The van der Waals surface area contributed by atoms with E-state index in [0.29, 0.717) is 27.0 Å². The number of carbonyl (C=O) groups is 1. The molecule has 2 heterocycles. The average molecular weight is 418 g/mol. The van der Waals surface area contributed by atoms with Gasteiger partial charge < -0.3 is 10.4 Å². The molecule has 0 aliphatic heterocycles. The molecule has 1 aliphatic rings. The maximum absolute atomic E-state index is 13.5. The summed E-state index contributed by atoms with van der Waals surface area (Å²) >= 11 is 0. The molecule has 1 fully saturated rings. The zero-order chi connectivity index (χ0) is 21.8. The van der Waals surface area contributed by atoms with Crippen molar-refractivity contribution in [3.05, 3.63) is 52.5 Å². The van der Waals surface area contributed by atoms with Gasteiger partial charge in [0.15, 0.2) is 11.3 Å². The number of fused-ring (bicyclic) bond motifs is 1. The number of aromatic hydroxyl groups is 1. The van der Waals surface area contributed by atoms with Crippen molar-refractivity contribution in [1.29, 1.82) is 0 Å². The first-order valence-corrected chi connectivity index (χ1v) is 9.67. The summed E-state index contributed by atoms with van der Waals surface area (Å²) in [5, 5.41) is 16.6. The largest absolute Gasteiger partial charge is 0.508 e. The zero-order valence-electron chi connectivity index (χ0n) is 16.7. The number of phenolic OH excluding ortho intramolecular Hbond substituents is 1. The van der Waals surface area contributed by atoms with Crippen LogP contribution in [-0.4, -0.2) is 25.6 Å². The summed E-state index contributed by atoms with van der Waals surface area (Å²) < 4.78 is 41.3. The molecule has 0 radical (unpaired) electrons. The number of rotatable bonds is 4. The van der Waals surface area contributed by atoms with E-state index in [0.717, 1.165) is 18.9 Å². The molecule has 4 rings (SSSR count). The Kier molecular flexibility index (Phi) is 4.71. The maximum Gasteiger partial charge on any atom is 0.433 e. The number of nitrogens with one attached hydrogen (secondary N) is 1. The molecule has 0 spiro atoms. The SMILES string of the molecule is Cc1cc(O)c(C(C)C)cc1NC(=O)c1cc2nc(C3CC3)cc(C(F)(F)F)n2n1. The first kappa shape index (κ1) is 20.2. The van der Waals surface area contributed by atoms with E-state index in [4.69, 9.17) is 0 Å². The van der Waals surface area contributed by atoms with Crippen LogP contribution in [0.15, 0.2) is 24.3 Å². The summed E-state index contributed by atoms with van der Waals surface area (Å²) in [5.41, 5.74) is 0.983. The number of nitrogens with zero attached hydrogens (tertiary/aromatic N) is 3. The van der Waals surface area contributed by atoms with E-state index < -0.39 is 17.8 Å². The third kappa shape index (κ3) is 3.71. The van der Waals surface area contributed by atoms with Gasteiger partial charge in [0.25, 0.3) is 5.91 Å². The van der Waals surface area contributed by atoms with Gasteiger partial charge in [-0.15, -0.1) is 0 Å². The second-order valence-corrected chi connectivity index (χ2v) is 7.97. The van der Waals surface area contributed by atoms with Crippen LogP contribution < -0.4 is 5.32 Å². The standard InChI is InChI=1S/C21H21F3N4O2/c1-10(2)13-7-14(11(3)6-17(13)29)26-20(30)16-9-19-25-15(12-4-5-12)8-18(21(22,23)24)28(19)27-16/h6-10,12,29H,4-5H2,1-3H3,(H,26,30). The number of hydrogen-bond acceptors (Lipinski definition) is 4. The van der Waals surface area contributed by atoms with Crippen molar-refractivity contribution >= 4 is 17.2 Å². The number of phenols is 1. The van der Waals surface area contributed by atoms with Gasteiger partial charge in [0.05, 0.1) is 0 Å². The number of carbonyl (C=O) groups excluding carboxylic acids is 1. The van der Waals surface area contributed by atoms with Gasteiger partial charge in [-0.1, -0.05) is 13.8 Å². The molecule has 1 aliphatic carbocycles. The predicted octanol–water partition coefficient (Wildman–Crippen LogP) is 5.02. The Morgan fingerprint density at radius 2 is 1.93 bits per heavy atom. The van der Waals surface area contributed by atoms with Gasteiger partial charge in [-0.2, -0.15) is 18.3 Å². The normalized spacial score (nSPS) is 14.5. The summed E-state index contributed by atoms with van der Waals surface area (Å²) in [7, 11) is 0. The Hall–Kier alpha value is -3.10. The Morgan fingerprint density at radius 1 is 1.23 bits per heavy atom. The van der Waals surface area contributed by atoms with Crippen molar-refractivity contribution in [1.82, 2.24) is 14.6 Å². The van der Waals surface area contributed by atoms with Crippen molar-refractivity contribution in [2.75, 3.05) is 5.32 Å². The van der Waals surface area contributed by atoms with Crippen molar-refractivity contribution in [3.8, 4) is 5.75 Å². The summed E-state index contributed by atoms with van der Waals surface area (Å²) in [6.45, 7) is 5.52. The van der Waals surface area contributed by atoms with Crippen LogP contribution in [0.5, 0.6) is 5.75 Å². The third-order valence-corrected chi connectivity index (χ3v) is 5.21. The summed E-state index contributed by atoms with van der Waals surface area (Å²) in [5.74, 6) is -0.474. The minimum Gasteiger partial charge on any atom is -0.508 e. The van der Waals surface area contributed by atoms with Crippen molar-refractivity contribution < 1.29 is 23.1 Å². The Bertz CT molecular complexity index is 1150. The fourth-order valence-corrected chi connectivity index (χ4v) is 3.39. The lowest BCUT2D eigenvalue weighted by Gasteiger charge is -2.14. The second kappa shape index (κ2) is 7.00. The van der Waals surface area contributed by atoms with Crippen molar-refractivity contribution in [2.45, 2.75) is 51.6 Å². The monoisotopic (exact) mass is 418 g/mol. The number of halogens is 3. The van der Waals surface area contributed by atoms with Crippen LogP contribution in [0.1, 0.15) is 71.5 Å². The van der Waals surface area contributed by atoms with Gasteiger partial charge in [-0.25, -0.2) is 9.50 Å². The molecular weight excluding hydrogens is 397 g/mol. The van der Waals surface area contributed by atoms with Crippen molar-refractivity contribution in [3.63, 3.8) is 0 Å². The van der Waals surface area contributed by atoms with Gasteiger partial charge in [-0.3, -0.25) is 4.79 Å². The highest BCUT2D eigenvalue weighted by Crippen LogP contribution is 2.41. The highest BCUT2D eigenvalue weighted by Gasteiger charge is 2.37. The first-order valence-electron chi connectivity index (χ1n) is 9.67. The van der Waals surface area contributed by atoms with Crippen LogP contribution in [0.25, 0.3) is 5.65 Å². The average Bonchev–Trinajstić information content (AvgIpc) is 3.40. The predicted molar refractivity (Wildman–Crippen MR) is 105 cm³/mol. The lowest BCUT2D eigenvalue weighted by Crippen LogP contribution is -2.16. The van der Waals surface area contributed by atoms with E-state index in [1.807, 2.05) is 13.8 Å². The fourth-order valence-electron chi connectivity index (χ4n) is 3.39. The van der Waals surface area contributed by atoms with E-state index in [2.05, 4.69) is 15.4 Å². The molecule has 0 saturated heterocycles. The number of aryl methyl sites for hydroxylation is 1. The van der Waals surface area contributed by atoms with Gasteiger partial charge in [0.1, 0.15) is 11.4 Å². The zero-order valence-corrected chi connectivity index (χ0v) is 16.7. The Balaban J connectivity index is 1.72. The number of aromatic nitrogens is 3. The molecule has 30 heavy (non-hydrogen) atoms. The topological polar surface area (TPSA) is 79.5 Å². The van der Waals surface area contributed by atoms with Gasteiger partial charge in [0.2, 0.25) is 0 Å². The number of hydrogen-bond donors (Lipinski definition) is 2. The fraction of sp³-hybridized carbons (Fsp3) is 0.381. The summed E-state index contributed by atoms with van der Waals surface area (Å²) in [6.07, 6.45) is -3.01. The van der Waals surface area contributed by atoms with Crippen LogP contribution >= 0.6 is 0 Å². The van der Waals surface area contributed by atoms with Crippen LogP contribution in [0, 0.1) is 6.92 Å². The molecule has 1 saturated carbocycles. The first-order chi connectivity index (χ1) is 14.0. The van der Waals surface area contributed by atoms with E-state index in [9.17, 15) is 23.1 Å². The molecule has 0 unspecified atom stereocenters. The van der Waals surface area contributed by atoms with Gasteiger partial charge in [-0.05, 0) is 55.0 Å². The van der Waals surface area contributed by atoms with E-state index in [1.165, 1.54) is 6.07 Å². The molecule has 3 aromatic rings. The molecule has 158 valence electrons. The highest BCUT2D eigenvalue weighted by molar-refractivity contribution is 6.04. The van der Waals surface area contributed by atoms with Crippen LogP contribution in [0.2, 0.25) is 0 Å². The van der Waals surface area contributed by atoms with Crippen LogP contribution in [0.3, 0.4) is 0 Å². The summed E-state index contributed by atoms with van der Waals surface area (Å²) in [6, 6.07) is 5.47. The van der Waals surface area contributed by atoms with E-state index in [-0.39, 0.29) is 28.9 Å². The Morgan fingerprint density at radius 3 is 2.53 bits per heavy atom. The molecule has 6 nitrogen and oxygen atoms in total. The number of anilines is 1.